The molecule has 2 atom stereocenters. The van der Waals surface area contributed by atoms with Crippen LogP contribution in [0.4, 0.5) is 19.0 Å². The fourth-order valence-electron chi connectivity index (χ4n) is 2.66. The minimum Gasteiger partial charge on any atom is -0.383 e. The molecule has 1 aromatic heterocycles. The van der Waals surface area contributed by atoms with Crippen molar-refractivity contribution in [2.24, 2.45) is 16.6 Å². The first-order valence-corrected chi connectivity index (χ1v) is 10.5. The van der Waals surface area contributed by atoms with Gasteiger partial charge in [0.15, 0.2) is 0 Å². The minimum absolute atomic E-state index is 0.0180. The normalized spacial score (nSPS) is 15.9. The van der Waals surface area contributed by atoms with Crippen LogP contribution in [0.2, 0.25) is 5.02 Å². The molecular weight excluding hydrogens is 445 g/mol. The van der Waals surface area contributed by atoms with E-state index in [1.165, 1.54) is 6.20 Å². The average Bonchev–Trinajstić information content (AvgIpc) is 2.73. The number of anilines is 1. The standard InChI is InChI=1S/C18H23ClF3N5.C2H6.CH3NO/c1-10(2)14(4-6-18(20,21)22)26-15-5-7-24-17(27-15)11(3)13-8-12(19)9-25-16(13)23;1-2;2-1-3/h5,7-10,14-15,26H,3-4,6H2,1-2H3,(H2,23,25)(H,24,27);1-2H3;1H,(H2,2,3). The zero-order valence-corrected chi connectivity index (χ0v) is 19.5. The lowest BCUT2D eigenvalue weighted by Crippen LogP contribution is -2.43. The van der Waals surface area contributed by atoms with E-state index in [4.69, 9.17) is 22.1 Å². The monoisotopic (exact) mass is 476 g/mol. The van der Waals surface area contributed by atoms with E-state index in [9.17, 15) is 13.2 Å². The first-order valence-electron chi connectivity index (χ1n) is 10.1. The summed E-state index contributed by atoms with van der Waals surface area (Å²) in [6.45, 7) is 11.7. The number of rotatable bonds is 7. The molecule has 180 valence electrons. The number of nitrogens with one attached hydrogen (secondary N) is 2. The number of nitrogen functional groups attached to an aromatic ring is 1. The number of nitrogens with zero attached hydrogens (tertiary/aromatic N) is 2. The Hall–Kier alpha value is -2.59. The van der Waals surface area contributed by atoms with Gasteiger partial charge in [0.25, 0.3) is 0 Å². The fraction of sp³-hybridized carbons (Fsp3) is 0.476. The average molecular weight is 477 g/mol. The van der Waals surface area contributed by atoms with E-state index in [0.29, 0.717) is 22.0 Å². The van der Waals surface area contributed by atoms with Gasteiger partial charge in [-0.3, -0.25) is 10.1 Å². The van der Waals surface area contributed by atoms with Crippen molar-refractivity contribution in [3.63, 3.8) is 0 Å². The molecule has 0 radical (unpaired) electrons. The summed E-state index contributed by atoms with van der Waals surface area (Å²) in [6, 6.07) is 1.30. The summed E-state index contributed by atoms with van der Waals surface area (Å²) in [4.78, 5) is 17.1. The molecule has 0 aliphatic carbocycles. The Bertz CT molecular complexity index is 796. The van der Waals surface area contributed by atoms with Crippen LogP contribution in [0.3, 0.4) is 0 Å². The molecule has 2 unspecified atom stereocenters. The number of nitrogens with two attached hydrogens (primary N) is 2. The van der Waals surface area contributed by atoms with Crippen LogP contribution in [0.15, 0.2) is 36.1 Å². The lowest BCUT2D eigenvalue weighted by molar-refractivity contribution is -0.137. The number of alkyl halides is 3. The number of primary amides is 1. The van der Waals surface area contributed by atoms with Gasteiger partial charge in [-0.15, -0.1) is 0 Å². The van der Waals surface area contributed by atoms with Gasteiger partial charge in [0, 0.05) is 36.0 Å². The number of hydrogen-bond acceptors (Lipinski definition) is 6. The van der Waals surface area contributed by atoms with Crippen molar-refractivity contribution in [1.82, 2.24) is 15.6 Å². The molecule has 0 saturated carbocycles. The van der Waals surface area contributed by atoms with Crippen LogP contribution in [-0.4, -0.2) is 35.6 Å². The summed E-state index contributed by atoms with van der Waals surface area (Å²) >= 11 is 5.97. The molecule has 0 bridgehead atoms. The van der Waals surface area contributed by atoms with E-state index in [1.54, 1.807) is 18.3 Å². The van der Waals surface area contributed by atoms with Crippen LogP contribution in [0, 0.1) is 5.92 Å². The number of pyridine rings is 1. The van der Waals surface area contributed by atoms with Crippen molar-refractivity contribution in [2.45, 2.75) is 58.9 Å². The van der Waals surface area contributed by atoms with Crippen LogP contribution < -0.4 is 22.1 Å². The molecule has 1 aliphatic heterocycles. The third kappa shape index (κ3) is 10.6. The second-order valence-corrected chi connectivity index (χ2v) is 7.23. The topological polar surface area (TPSA) is 118 Å². The second-order valence-electron chi connectivity index (χ2n) is 6.80. The van der Waals surface area contributed by atoms with Gasteiger partial charge in [0.1, 0.15) is 17.8 Å². The number of aliphatic imine (C=N–C) groups is 1. The van der Waals surface area contributed by atoms with Gasteiger partial charge >= 0.3 is 6.18 Å². The molecule has 1 aliphatic rings. The highest BCUT2D eigenvalue weighted by atomic mass is 35.5. The maximum atomic E-state index is 12.6. The number of amides is 1. The van der Waals surface area contributed by atoms with Crippen molar-refractivity contribution in [1.29, 1.82) is 0 Å². The molecule has 0 saturated heterocycles. The maximum absolute atomic E-state index is 12.6. The Balaban J connectivity index is 0.00000177. The molecule has 0 aromatic carbocycles. The van der Waals surface area contributed by atoms with Gasteiger partial charge in [-0.1, -0.05) is 45.9 Å². The van der Waals surface area contributed by atoms with Gasteiger partial charge < -0.3 is 16.8 Å². The number of halogens is 4. The van der Waals surface area contributed by atoms with Gasteiger partial charge in [-0.25, -0.2) is 9.98 Å². The number of carbonyl (C=O) groups is 1. The summed E-state index contributed by atoms with van der Waals surface area (Å²) in [7, 11) is 0. The van der Waals surface area contributed by atoms with Gasteiger partial charge in [-0.05, 0) is 24.5 Å². The SMILES string of the molecule is C=C(C1=NC(NC(CCC(F)(F)F)C(C)C)C=CN1)c1cc(Cl)cnc1N.CC.NC=O. The van der Waals surface area contributed by atoms with Crippen molar-refractivity contribution in [2.75, 3.05) is 5.73 Å². The summed E-state index contributed by atoms with van der Waals surface area (Å²) in [5.41, 5.74) is 11.1. The Labute approximate surface area is 192 Å². The number of amidine groups is 1. The Morgan fingerprint density at radius 2 is 2.00 bits per heavy atom. The predicted octanol–water partition coefficient (Wildman–Crippen LogP) is 4.26. The van der Waals surface area contributed by atoms with Gasteiger partial charge in [0.05, 0.1) is 5.02 Å². The van der Waals surface area contributed by atoms with E-state index >= 15 is 0 Å². The van der Waals surface area contributed by atoms with Crippen molar-refractivity contribution < 1.29 is 18.0 Å². The molecule has 32 heavy (non-hydrogen) atoms. The van der Waals surface area contributed by atoms with E-state index in [0.717, 1.165) is 0 Å². The molecule has 11 heteroatoms. The smallest absolute Gasteiger partial charge is 0.383 e. The maximum Gasteiger partial charge on any atom is 0.389 e. The first-order chi connectivity index (χ1) is 15.0. The third-order valence-corrected chi connectivity index (χ3v) is 4.40. The summed E-state index contributed by atoms with van der Waals surface area (Å²) in [5, 5.41) is 6.55. The molecule has 6 N–H and O–H groups in total. The summed E-state index contributed by atoms with van der Waals surface area (Å²) in [6.07, 6.45) is -0.436. The van der Waals surface area contributed by atoms with E-state index in [-0.39, 0.29) is 30.6 Å². The minimum atomic E-state index is -4.18. The van der Waals surface area contributed by atoms with Crippen molar-refractivity contribution in [3.05, 3.63) is 41.7 Å². The largest absolute Gasteiger partial charge is 0.389 e. The first kappa shape index (κ1) is 29.4. The Morgan fingerprint density at radius 1 is 1.41 bits per heavy atom. The van der Waals surface area contributed by atoms with Gasteiger partial charge in [-0.2, -0.15) is 13.2 Å². The Morgan fingerprint density at radius 3 is 2.53 bits per heavy atom. The highest BCUT2D eigenvalue weighted by Crippen LogP contribution is 2.25. The number of hydrogen-bond donors (Lipinski definition) is 4. The summed E-state index contributed by atoms with van der Waals surface area (Å²) < 4.78 is 37.7. The molecule has 1 amide bonds. The lowest BCUT2D eigenvalue weighted by atomic mass is 9.98. The van der Waals surface area contributed by atoms with Crippen LogP contribution >= 0.6 is 11.6 Å². The van der Waals surface area contributed by atoms with E-state index in [1.807, 2.05) is 27.7 Å². The van der Waals surface area contributed by atoms with E-state index in [2.05, 4.69) is 32.9 Å². The Kier molecular flexibility index (Phi) is 13.3. The van der Waals surface area contributed by atoms with Crippen molar-refractivity contribution >= 4 is 35.2 Å². The van der Waals surface area contributed by atoms with Gasteiger partial charge in [0.2, 0.25) is 6.41 Å². The predicted molar refractivity (Wildman–Crippen MR) is 125 cm³/mol. The summed E-state index contributed by atoms with van der Waals surface area (Å²) in [5.74, 6) is 0.729. The zero-order chi connectivity index (χ0) is 24.9. The van der Waals surface area contributed by atoms with Crippen LogP contribution in [-0.2, 0) is 4.79 Å². The molecule has 0 fully saturated rings. The number of carbonyl (C=O) groups excluding carboxylic acids is 1. The zero-order valence-electron chi connectivity index (χ0n) is 18.7. The highest BCUT2D eigenvalue weighted by molar-refractivity contribution is 6.31. The van der Waals surface area contributed by atoms with Crippen LogP contribution in [0.25, 0.3) is 5.57 Å². The molecule has 2 heterocycles. The highest BCUT2D eigenvalue weighted by Gasteiger charge is 2.30. The quantitative estimate of drug-likeness (QED) is 0.438. The lowest BCUT2D eigenvalue weighted by Gasteiger charge is -2.28. The van der Waals surface area contributed by atoms with E-state index < -0.39 is 18.8 Å². The number of aromatic nitrogens is 1. The molecule has 2 rings (SSSR count). The van der Waals surface area contributed by atoms with Crippen molar-refractivity contribution in [3.8, 4) is 0 Å². The molecular formula is C21H32ClF3N6O. The van der Waals surface area contributed by atoms with Crippen LogP contribution in [0.5, 0.6) is 0 Å². The third-order valence-electron chi connectivity index (χ3n) is 4.19. The molecule has 0 spiro atoms. The fourth-order valence-corrected chi connectivity index (χ4v) is 2.82. The van der Waals surface area contributed by atoms with Crippen LogP contribution in [0.1, 0.15) is 46.1 Å². The second kappa shape index (κ2) is 14.5. The molecule has 7 nitrogen and oxygen atoms in total. The molecule has 1 aromatic rings.